The van der Waals surface area contributed by atoms with Gasteiger partial charge in [0, 0.05) is 44.0 Å². The summed E-state index contributed by atoms with van der Waals surface area (Å²) in [5.41, 5.74) is 0.101. The smallest absolute Gasteiger partial charge is 0.228 e. The first kappa shape index (κ1) is 24.1. The van der Waals surface area contributed by atoms with Gasteiger partial charge in [-0.1, -0.05) is 46.2 Å². The molecule has 0 bridgehead atoms. The Labute approximate surface area is 180 Å². The Kier molecular flexibility index (Phi) is 10.0. The van der Waals surface area contributed by atoms with E-state index in [1.165, 1.54) is 6.42 Å². The average molecular weight is 493 g/mol. The van der Waals surface area contributed by atoms with Gasteiger partial charge in [-0.2, -0.15) is 4.98 Å². The number of ether oxygens (including phenoxy) is 1. The average Bonchev–Trinajstić information content (AvgIpc) is 3.08. The maximum Gasteiger partial charge on any atom is 0.228 e. The zero-order chi connectivity index (χ0) is 19.2. The molecule has 8 heteroatoms. The molecule has 1 aliphatic carbocycles. The van der Waals surface area contributed by atoms with Crippen molar-refractivity contribution in [2.75, 3.05) is 20.2 Å². The molecule has 2 atom stereocenters. The number of rotatable bonds is 9. The van der Waals surface area contributed by atoms with Gasteiger partial charge in [-0.3, -0.25) is 4.99 Å². The van der Waals surface area contributed by atoms with Crippen LogP contribution in [0.3, 0.4) is 0 Å². The molecule has 2 rings (SSSR count). The molecule has 7 nitrogen and oxygen atoms in total. The Balaban J connectivity index is 0.00000364. The van der Waals surface area contributed by atoms with Crippen LogP contribution in [0.25, 0.3) is 0 Å². The molecule has 0 aromatic carbocycles. The molecule has 1 aromatic heterocycles. The highest BCUT2D eigenvalue weighted by atomic mass is 127. The number of guanidine groups is 1. The molecule has 1 fully saturated rings. The lowest BCUT2D eigenvalue weighted by Crippen LogP contribution is -2.63. The maximum absolute atomic E-state index is 6.01. The second-order valence-electron chi connectivity index (χ2n) is 7.92. The van der Waals surface area contributed by atoms with E-state index >= 15 is 0 Å². The minimum atomic E-state index is 0. The fraction of sp³-hybridized carbons (Fsp3) is 0.842. The van der Waals surface area contributed by atoms with Crippen LogP contribution in [0.5, 0.6) is 0 Å². The molecule has 1 heterocycles. The van der Waals surface area contributed by atoms with Crippen LogP contribution in [0.1, 0.15) is 71.5 Å². The summed E-state index contributed by atoms with van der Waals surface area (Å²) in [5, 5.41) is 10.8. The minimum Gasteiger partial charge on any atom is -0.378 e. The fourth-order valence-corrected chi connectivity index (χ4v) is 3.03. The summed E-state index contributed by atoms with van der Waals surface area (Å²) in [6.45, 7) is 12.4. The van der Waals surface area contributed by atoms with Gasteiger partial charge >= 0.3 is 0 Å². The third-order valence-corrected chi connectivity index (χ3v) is 5.16. The van der Waals surface area contributed by atoms with Crippen molar-refractivity contribution in [3.8, 4) is 0 Å². The number of halogens is 1. The SMILES string of the molecule is CCCCOC1CC(NC(=NC)NCCc2nc(C(C)C)no2)C1(C)C.I. The molecule has 0 aliphatic heterocycles. The second-order valence-corrected chi connectivity index (χ2v) is 7.92. The Morgan fingerprint density at radius 2 is 2.15 bits per heavy atom. The molecule has 1 aromatic rings. The van der Waals surface area contributed by atoms with E-state index < -0.39 is 0 Å². The van der Waals surface area contributed by atoms with E-state index in [0.717, 1.165) is 31.2 Å². The number of nitrogens with one attached hydrogen (secondary N) is 2. The van der Waals surface area contributed by atoms with Gasteiger partial charge in [-0.05, 0) is 12.8 Å². The van der Waals surface area contributed by atoms with Gasteiger partial charge < -0.3 is 19.9 Å². The Hall–Kier alpha value is -0.900. The summed E-state index contributed by atoms with van der Waals surface area (Å²) in [5.74, 6) is 2.50. The van der Waals surface area contributed by atoms with Crippen LogP contribution < -0.4 is 10.6 Å². The molecule has 2 unspecified atom stereocenters. The van der Waals surface area contributed by atoms with Crippen molar-refractivity contribution >= 4 is 29.9 Å². The highest BCUT2D eigenvalue weighted by Crippen LogP contribution is 2.42. The molecule has 27 heavy (non-hydrogen) atoms. The van der Waals surface area contributed by atoms with Gasteiger partial charge in [0.1, 0.15) is 0 Å². The molecule has 156 valence electrons. The van der Waals surface area contributed by atoms with E-state index in [2.05, 4.69) is 60.4 Å². The summed E-state index contributed by atoms with van der Waals surface area (Å²) >= 11 is 0. The number of unbranched alkanes of at least 4 members (excludes halogenated alkanes) is 1. The molecule has 0 amide bonds. The highest BCUT2D eigenvalue weighted by Gasteiger charge is 2.49. The lowest BCUT2D eigenvalue weighted by Gasteiger charge is -2.52. The van der Waals surface area contributed by atoms with Gasteiger partial charge in [0.25, 0.3) is 0 Å². The standard InChI is InChI=1S/C19H35N5O2.HI/c1-7-8-11-25-15-12-14(19(15,4)5)22-18(20-6)21-10-9-16-23-17(13(2)3)24-26-16;/h13-15H,7-12H2,1-6H3,(H2,20,21,22);1H. The van der Waals surface area contributed by atoms with E-state index in [1.807, 2.05) is 0 Å². The second kappa shape index (κ2) is 11.2. The van der Waals surface area contributed by atoms with Crippen LogP contribution in [-0.2, 0) is 11.2 Å². The van der Waals surface area contributed by atoms with Crippen LogP contribution in [0.15, 0.2) is 9.52 Å². The summed E-state index contributed by atoms with van der Waals surface area (Å²) in [7, 11) is 1.79. The van der Waals surface area contributed by atoms with Gasteiger partial charge in [0.15, 0.2) is 11.8 Å². The zero-order valence-electron chi connectivity index (χ0n) is 17.5. The van der Waals surface area contributed by atoms with Gasteiger partial charge in [-0.25, -0.2) is 0 Å². The molecular weight excluding hydrogens is 457 g/mol. The van der Waals surface area contributed by atoms with Gasteiger partial charge in [0.2, 0.25) is 5.89 Å². The van der Waals surface area contributed by atoms with Crippen LogP contribution in [0.2, 0.25) is 0 Å². The topological polar surface area (TPSA) is 84.6 Å². The quantitative estimate of drug-likeness (QED) is 0.237. The molecule has 0 radical (unpaired) electrons. The Morgan fingerprint density at radius 1 is 1.41 bits per heavy atom. The minimum absolute atomic E-state index is 0. The monoisotopic (exact) mass is 493 g/mol. The first-order valence-electron chi connectivity index (χ1n) is 9.79. The largest absolute Gasteiger partial charge is 0.378 e. The number of hydrogen-bond acceptors (Lipinski definition) is 5. The number of aromatic nitrogens is 2. The van der Waals surface area contributed by atoms with Crippen LogP contribution in [0, 0.1) is 5.41 Å². The first-order valence-corrected chi connectivity index (χ1v) is 9.79. The molecule has 0 saturated heterocycles. The van der Waals surface area contributed by atoms with E-state index in [0.29, 0.717) is 31.0 Å². The summed E-state index contributed by atoms with van der Waals surface area (Å²) < 4.78 is 11.3. The van der Waals surface area contributed by atoms with Crippen molar-refractivity contribution in [2.45, 2.75) is 78.4 Å². The van der Waals surface area contributed by atoms with Gasteiger partial charge in [0.05, 0.1) is 6.10 Å². The molecule has 2 N–H and O–H groups in total. The van der Waals surface area contributed by atoms with E-state index in [1.54, 1.807) is 7.05 Å². The normalized spacial score (nSPS) is 21.5. The molecular formula is C19H36IN5O2. The first-order chi connectivity index (χ1) is 12.4. The van der Waals surface area contributed by atoms with Crippen molar-refractivity contribution < 1.29 is 9.26 Å². The number of nitrogens with zero attached hydrogens (tertiary/aromatic N) is 3. The Morgan fingerprint density at radius 3 is 2.70 bits per heavy atom. The van der Waals surface area contributed by atoms with E-state index in [-0.39, 0.29) is 35.3 Å². The van der Waals surface area contributed by atoms with Crippen molar-refractivity contribution in [2.24, 2.45) is 10.4 Å². The van der Waals surface area contributed by atoms with Crippen LogP contribution in [0.4, 0.5) is 0 Å². The Bertz CT molecular complexity index is 588. The highest BCUT2D eigenvalue weighted by molar-refractivity contribution is 14.0. The van der Waals surface area contributed by atoms with Crippen molar-refractivity contribution in [1.29, 1.82) is 0 Å². The lowest BCUT2D eigenvalue weighted by molar-refractivity contribution is -0.113. The van der Waals surface area contributed by atoms with E-state index in [9.17, 15) is 0 Å². The summed E-state index contributed by atoms with van der Waals surface area (Å²) in [6, 6.07) is 0.358. The zero-order valence-corrected chi connectivity index (χ0v) is 19.9. The molecule has 0 spiro atoms. The number of hydrogen-bond donors (Lipinski definition) is 2. The predicted octanol–water partition coefficient (Wildman–Crippen LogP) is 3.50. The number of aliphatic imine (C=N–C) groups is 1. The van der Waals surface area contributed by atoms with Gasteiger partial charge in [-0.15, -0.1) is 24.0 Å². The van der Waals surface area contributed by atoms with Crippen LogP contribution >= 0.6 is 24.0 Å². The van der Waals surface area contributed by atoms with Crippen molar-refractivity contribution in [3.63, 3.8) is 0 Å². The summed E-state index contributed by atoms with van der Waals surface area (Å²) in [4.78, 5) is 8.72. The molecule has 1 saturated carbocycles. The van der Waals surface area contributed by atoms with Crippen molar-refractivity contribution in [1.82, 2.24) is 20.8 Å². The third-order valence-electron chi connectivity index (χ3n) is 5.16. The fourth-order valence-electron chi connectivity index (χ4n) is 3.03. The maximum atomic E-state index is 6.01. The van der Waals surface area contributed by atoms with Crippen LogP contribution in [-0.4, -0.2) is 48.4 Å². The summed E-state index contributed by atoms with van der Waals surface area (Å²) in [6.07, 6.45) is 4.31. The molecule has 1 aliphatic rings. The van der Waals surface area contributed by atoms with E-state index in [4.69, 9.17) is 9.26 Å². The van der Waals surface area contributed by atoms with Crippen molar-refractivity contribution in [3.05, 3.63) is 11.7 Å². The lowest BCUT2D eigenvalue weighted by atomic mass is 9.64. The third kappa shape index (κ3) is 6.58. The predicted molar refractivity (Wildman–Crippen MR) is 119 cm³/mol.